The highest BCUT2D eigenvalue weighted by Crippen LogP contribution is 2.25. The van der Waals surface area contributed by atoms with E-state index in [4.69, 9.17) is 0 Å². The molecular formula is C24H23N3O. The summed E-state index contributed by atoms with van der Waals surface area (Å²) in [6.07, 6.45) is 7.64. The zero-order valence-corrected chi connectivity index (χ0v) is 15.9. The molecule has 0 aliphatic carbocycles. The number of carbonyl (C=O) groups is 1. The topological polar surface area (TPSA) is 46.9 Å². The number of anilines is 1. The van der Waals surface area contributed by atoms with E-state index in [1.807, 2.05) is 12.1 Å². The lowest BCUT2D eigenvalue weighted by atomic mass is 10.0. The molecule has 0 radical (unpaired) electrons. The van der Waals surface area contributed by atoms with Gasteiger partial charge in [-0.3, -0.25) is 9.78 Å². The monoisotopic (exact) mass is 369 g/mol. The maximum absolute atomic E-state index is 12.0. The fourth-order valence-electron chi connectivity index (χ4n) is 3.44. The van der Waals surface area contributed by atoms with E-state index in [2.05, 4.69) is 76.6 Å². The summed E-state index contributed by atoms with van der Waals surface area (Å²) < 4.78 is 2.13. The standard InChI is InChI=1S/C24H23N3O/c1-27-15-13-21-16-20(11-12-23(21)27)19-9-7-18(8-10-19)4-2-6-24(28)26-22-5-3-14-25-17-22/h3,5,7-17H,2,4,6H2,1H3,(H,26,28). The number of amides is 1. The Labute approximate surface area is 164 Å². The molecule has 0 saturated carbocycles. The molecule has 0 spiro atoms. The highest BCUT2D eigenvalue weighted by Gasteiger charge is 2.05. The Hall–Kier alpha value is -3.40. The van der Waals surface area contributed by atoms with Gasteiger partial charge in [0.15, 0.2) is 0 Å². The number of rotatable bonds is 6. The van der Waals surface area contributed by atoms with Crippen LogP contribution in [0.4, 0.5) is 5.69 Å². The highest BCUT2D eigenvalue weighted by atomic mass is 16.1. The second-order valence-electron chi connectivity index (χ2n) is 7.04. The third kappa shape index (κ3) is 4.12. The first-order chi connectivity index (χ1) is 13.7. The van der Waals surface area contributed by atoms with Gasteiger partial charge < -0.3 is 9.88 Å². The lowest BCUT2D eigenvalue weighted by Gasteiger charge is -2.07. The van der Waals surface area contributed by atoms with Crippen molar-refractivity contribution in [2.24, 2.45) is 7.05 Å². The second-order valence-corrected chi connectivity index (χ2v) is 7.04. The van der Waals surface area contributed by atoms with Crippen LogP contribution >= 0.6 is 0 Å². The predicted octanol–water partition coefficient (Wildman–Crippen LogP) is 5.20. The molecule has 0 aliphatic heterocycles. The number of pyridine rings is 1. The van der Waals surface area contributed by atoms with E-state index in [0.29, 0.717) is 6.42 Å². The van der Waals surface area contributed by atoms with Gasteiger partial charge in [0.25, 0.3) is 0 Å². The Morgan fingerprint density at radius 3 is 2.64 bits per heavy atom. The van der Waals surface area contributed by atoms with Gasteiger partial charge in [-0.15, -0.1) is 0 Å². The maximum atomic E-state index is 12.0. The average molecular weight is 369 g/mol. The number of hydrogen-bond donors (Lipinski definition) is 1. The molecule has 1 amide bonds. The van der Waals surface area contributed by atoms with Gasteiger partial charge >= 0.3 is 0 Å². The minimum Gasteiger partial charge on any atom is -0.351 e. The summed E-state index contributed by atoms with van der Waals surface area (Å²) in [4.78, 5) is 16.0. The quantitative estimate of drug-likeness (QED) is 0.508. The van der Waals surface area contributed by atoms with Crippen molar-refractivity contribution in [3.05, 3.63) is 84.8 Å². The van der Waals surface area contributed by atoms with Crippen LogP contribution in [0.1, 0.15) is 18.4 Å². The van der Waals surface area contributed by atoms with Crippen LogP contribution in [0.15, 0.2) is 79.3 Å². The number of nitrogens with one attached hydrogen (secondary N) is 1. The Balaban J connectivity index is 1.33. The van der Waals surface area contributed by atoms with Crippen molar-refractivity contribution in [1.82, 2.24) is 9.55 Å². The van der Waals surface area contributed by atoms with Gasteiger partial charge in [0.05, 0.1) is 11.9 Å². The van der Waals surface area contributed by atoms with Crippen LogP contribution in [0.25, 0.3) is 22.0 Å². The normalized spacial score (nSPS) is 10.9. The van der Waals surface area contributed by atoms with Crippen LogP contribution in [-0.4, -0.2) is 15.5 Å². The zero-order chi connectivity index (χ0) is 19.3. The van der Waals surface area contributed by atoms with E-state index in [-0.39, 0.29) is 5.91 Å². The SMILES string of the molecule is Cn1ccc2cc(-c3ccc(CCCC(=O)Nc4cccnc4)cc3)ccc21. The van der Waals surface area contributed by atoms with E-state index >= 15 is 0 Å². The summed E-state index contributed by atoms with van der Waals surface area (Å²) in [5.74, 6) is 0.0285. The smallest absolute Gasteiger partial charge is 0.224 e. The molecule has 4 heteroatoms. The third-order valence-electron chi connectivity index (χ3n) is 4.99. The molecule has 140 valence electrons. The Morgan fingerprint density at radius 2 is 1.86 bits per heavy atom. The summed E-state index contributed by atoms with van der Waals surface area (Å²) in [7, 11) is 2.06. The number of hydrogen-bond acceptors (Lipinski definition) is 2. The van der Waals surface area contributed by atoms with Crippen LogP contribution < -0.4 is 5.32 Å². The lowest BCUT2D eigenvalue weighted by Crippen LogP contribution is -2.11. The fourth-order valence-corrected chi connectivity index (χ4v) is 3.44. The molecule has 0 bridgehead atoms. The Morgan fingerprint density at radius 1 is 1.04 bits per heavy atom. The van der Waals surface area contributed by atoms with Gasteiger partial charge in [0, 0.05) is 36.8 Å². The Bertz CT molecular complexity index is 1080. The van der Waals surface area contributed by atoms with Crippen LogP contribution in [-0.2, 0) is 18.3 Å². The second kappa shape index (κ2) is 8.09. The molecule has 0 fully saturated rings. The summed E-state index contributed by atoms with van der Waals surface area (Å²) in [6.45, 7) is 0. The minimum atomic E-state index is 0.0285. The first-order valence-electron chi connectivity index (χ1n) is 9.53. The molecule has 4 aromatic rings. The molecule has 0 saturated heterocycles. The molecule has 4 rings (SSSR count). The number of benzene rings is 2. The van der Waals surface area contributed by atoms with E-state index < -0.39 is 0 Å². The van der Waals surface area contributed by atoms with E-state index in [1.165, 1.54) is 27.6 Å². The molecule has 0 aliphatic rings. The molecule has 2 heterocycles. The summed E-state index contributed by atoms with van der Waals surface area (Å²) >= 11 is 0. The van der Waals surface area contributed by atoms with E-state index in [1.54, 1.807) is 12.4 Å². The maximum Gasteiger partial charge on any atom is 0.224 e. The van der Waals surface area contributed by atoms with Gasteiger partial charge in [-0.05, 0) is 59.9 Å². The van der Waals surface area contributed by atoms with Crippen molar-refractivity contribution in [2.45, 2.75) is 19.3 Å². The van der Waals surface area contributed by atoms with Crippen molar-refractivity contribution in [1.29, 1.82) is 0 Å². The summed E-state index contributed by atoms with van der Waals surface area (Å²) in [5, 5.41) is 4.13. The van der Waals surface area contributed by atoms with Crippen molar-refractivity contribution in [2.75, 3.05) is 5.32 Å². The number of aryl methyl sites for hydroxylation is 2. The van der Waals surface area contributed by atoms with E-state index in [9.17, 15) is 4.79 Å². The molecular weight excluding hydrogens is 346 g/mol. The lowest BCUT2D eigenvalue weighted by molar-refractivity contribution is -0.116. The molecule has 28 heavy (non-hydrogen) atoms. The van der Waals surface area contributed by atoms with Crippen molar-refractivity contribution >= 4 is 22.5 Å². The number of fused-ring (bicyclic) bond motifs is 1. The van der Waals surface area contributed by atoms with Crippen LogP contribution in [0.3, 0.4) is 0 Å². The molecule has 2 aromatic heterocycles. The zero-order valence-electron chi connectivity index (χ0n) is 15.9. The van der Waals surface area contributed by atoms with Gasteiger partial charge in [-0.1, -0.05) is 30.3 Å². The van der Waals surface area contributed by atoms with Crippen molar-refractivity contribution in [3.8, 4) is 11.1 Å². The number of carbonyl (C=O) groups excluding carboxylic acids is 1. The number of nitrogens with zero attached hydrogens (tertiary/aromatic N) is 2. The van der Waals surface area contributed by atoms with E-state index in [0.717, 1.165) is 18.5 Å². The van der Waals surface area contributed by atoms with Crippen LogP contribution in [0.5, 0.6) is 0 Å². The molecule has 0 atom stereocenters. The first kappa shape index (κ1) is 18.0. The van der Waals surface area contributed by atoms with Crippen LogP contribution in [0.2, 0.25) is 0 Å². The summed E-state index contributed by atoms with van der Waals surface area (Å²) in [5.41, 5.74) is 5.67. The van der Waals surface area contributed by atoms with Gasteiger partial charge in [0.1, 0.15) is 0 Å². The average Bonchev–Trinajstić information content (AvgIpc) is 3.09. The largest absolute Gasteiger partial charge is 0.351 e. The third-order valence-corrected chi connectivity index (χ3v) is 4.99. The highest BCUT2D eigenvalue weighted by molar-refractivity contribution is 5.90. The molecule has 1 N–H and O–H groups in total. The van der Waals surface area contributed by atoms with Gasteiger partial charge in [-0.25, -0.2) is 0 Å². The van der Waals surface area contributed by atoms with Crippen molar-refractivity contribution < 1.29 is 4.79 Å². The van der Waals surface area contributed by atoms with Gasteiger partial charge in [-0.2, -0.15) is 0 Å². The predicted molar refractivity (Wildman–Crippen MR) is 114 cm³/mol. The molecule has 4 nitrogen and oxygen atoms in total. The van der Waals surface area contributed by atoms with Gasteiger partial charge in [0.2, 0.25) is 5.91 Å². The number of aromatic nitrogens is 2. The molecule has 2 aromatic carbocycles. The Kier molecular flexibility index (Phi) is 5.20. The van der Waals surface area contributed by atoms with Crippen molar-refractivity contribution in [3.63, 3.8) is 0 Å². The van der Waals surface area contributed by atoms with Crippen LogP contribution in [0, 0.1) is 0 Å². The molecule has 0 unspecified atom stereocenters. The fraction of sp³-hybridized carbons (Fsp3) is 0.167. The first-order valence-corrected chi connectivity index (χ1v) is 9.53. The minimum absolute atomic E-state index is 0.0285. The summed E-state index contributed by atoms with van der Waals surface area (Å²) in [6, 6.07) is 21.0.